The van der Waals surface area contributed by atoms with Gasteiger partial charge in [0.1, 0.15) is 6.42 Å². The van der Waals surface area contributed by atoms with E-state index in [1.165, 1.54) is 127 Å². The van der Waals surface area contributed by atoms with Gasteiger partial charge in [-0.2, -0.15) is 0 Å². The fraction of sp³-hybridized carbons (Fsp3) is 0.923. The molecule has 0 radical (unpaired) electrons. The third-order valence-corrected chi connectivity index (χ3v) is 6.06. The Morgan fingerprint density at radius 1 is 0.594 bits per heavy atom. The van der Waals surface area contributed by atoms with Gasteiger partial charge in [-0.25, -0.2) is 0 Å². The number of carboxylic acid groups (broad SMARTS) is 2. The maximum atomic E-state index is 9.43. The van der Waals surface area contributed by atoms with E-state index >= 15 is 0 Å². The summed E-state index contributed by atoms with van der Waals surface area (Å²) in [5.74, 6) is -1.60. The summed E-state index contributed by atoms with van der Waals surface area (Å²) in [7, 11) is 0. The molecular formula is C26H52LiNaO4. The molecule has 0 aliphatic heterocycles. The molecule has 2 N–H and O–H groups in total. The summed E-state index contributed by atoms with van der Waals surface area (Å²) in [5, 5.41) is 16.8. The Bertz CT molecular complexity index is 382. The molecular weight excluding hydrogens is 406 g/mol. The van der Waals surface area contributed by atoms with E-state index in [-0.39, 0.29) is 29.6 Å². The molecule has 0 heterocycles. The van der Waals surface area contributed by atoms with Gasteiger partial charge in [-0.1, -0.05) is 13.3 Å². The Morgan fingerprint density at radius 2 is 0.875 bits per heavy atom. The minimum absolute atomic E-state index is 0. The average Bonchev–Trinajstić information content (AvgIpc) is 2.72. The van der Waals surface area contributed by atoms with Gasteiger partial charge in [-0.05, 0) is 0 Å². The van der Waals surface area contributed by atoms with Crippen molar-refractivity contribution >= 4 is 59.2 Å². The molecule has 1 unspecified atom stereocenters. The van der Waals surface area contributed by atoms with Crippen LogP contribution in [0.2, 0.25) is 5.09 Å². The van der Waals surface area contributed by atoms with Crippen molar-refractivity contribution in [2.75, 3.05) is 0 Å². The van der Waals surface area contributed by atoms with Crippen molar-refractivity contribution in [3.05, 3.63) is 0 Å². The molecule has 6 heteroatoms. The molecule has 182 valence electrons. The Morgan fingerprint density at radius 3 is 1.09 bits per heavy atom. The van der Waals surface area contributed by atoms with Gasteiger partial charge in [-0.15, -0.1) is 0 Å². The van der Waals surface area contributed by atoms with E-state index in [0.717, 1.165) is 5.92 Å². The summed E-state index contributed by atoms with van der Waals surface area (Å²) >= 11 is 2.40. The third-order valence-electron chi connectivity index (χ3n) is 6.06. The monoisotopic (exact) mass is 458 g/mol. The number of unbranched alkanes of at least 4 members (excludes halogenated alkanes) is 15. The zero-order valence-electron chi connectivity index (χ0n) is 21.1. The first-order valence-electron chi connectivity index (χ1n) is 13.4. The van der Waals surface area contributed by atoms with Gasteiger partial charge < -0.3 is 10.2 Å². The molecule has 0 aromatic rings. The standard InChI is InChI=1S/C23H47.C3H4O4.Li.Na.H/c1-4-6-8-10-12-13-14-16-18-20-22-23(3)21-19-17-15-11-9-7-5-2;4-2(5)1-3(6)7;;;/h23H,3-22H2,1-2H3;1H2,(H,4,5)(H,6,7);;;. The van der Waals surface area contributed by atoms with Crippen LogP contribution in [0.5, 0.6) is 0 Å². The third kappa shape index (κ3) is 35.1. The van der Waals surface area contributed by atoms with Crippen molar-refractivity contribution in [1.82, 2.24) is 0 Å². The van der Waals surface area contributed by atoms with Crippen LogP contribution in [0.15, 0.2) is 0 Å². The Labute approximate surface area is 231 Å². The number of hydrogen-bond donors (Lipinski definition) is 2. The van der Waals surface area contributed by atoms with Gasteiger partial charge in [-0.3, -0.25) is 9.59 Å². The first-order valence-corrected chi connectivity index (χ1v) is 13.4. The van der Waals surface area contributed by atoms with E-state index in [1.54, 1.807) is 0 Å². The van der Waals surface area contributed by atoms with Crippen LogP contribution in [-0.2, 0) is 9.59 Å². The Hall–Kier alpha value is 0.537. The van der Waals surface area contributed by atoms with Crippen molar-refractivity contribution < 1.29 is 19.8 Å². The maximum absolute atomic E-state index is 9.43. The number of carbonyl (C=O) groups is 2. The average molecular weight is 459 g/mol. The quantitative estimate of drug-likeness (QED) is 0.0998. The molecule has 0 aliphatic rings. The molecule has 32 heavy (non-hydrogen) atoms. The molecule has 0 bridgehead atoms. The van der Waals surface area contributed by atoms with E-state index in [1.807, 2.05) is 0 Å². The van der Waals surface area contributed by atoms with Crippen LogP contribution >= 0.6 is 0 Å². The van der Waals surface area contributed by atoms with Gasteiger partial charge in [0.2, 0.25) is 0 Å². The fourth-order valence-corrected chi connectivity index (χ4v) is 3.99. The van der Waals surface area contributed by atoms with Crippen LogP contribution in [-0.4, -0.2) is 69.4 Å². The summed E-state index contributed by atoms with van der Waals surface area (Å²) in [6, 6.07) is 0. The van der Waals surface area contributed by atoms with Gasteiger partial charge in [0.05, 0.1) is 0 Å². The van der Waals surface area contributed by atoms with E-state index in [4.69, 9.17) is 10.2 Å². The Balaban J connectivity index is -0.000000903. The molecule has 1 atom stereocenters. The van der Waals surface area contributed by atoms with Crippen molar-refractivity contribution in [2.45, 2.75) is 147 Å². The fourth-order valence-electron chi connectivity index (χ4n) is 3.99. The summed E-state index contributed by atoms with van der Waals surface area (Å²) in [6.45, 7) is 4.61. The topological polar surface area (TPSA) is 74.6 Å². The molecule has 0 saturated carbocycles. The number of aliphatic carboxylic acids is 2. The zero-order valence-corrected chi connectivity index (χ0v) is 21.1. The molecule has 0 saturated heterocycles. The predicted molar refractivity (Wildman–Crippen MR) is 140 cm³/mol. The van der Waals surface area contributed by atoms with Crippen molar-refractivity contribution in [3.8, 4) is 0 Å². The van der Waals surface area contributed by atoms with E-state index in [0.29, 0.717) is 0 Å². The van der Waals surface area contributed by atoms with E-state index in [2.05, 4.69) is 31.6 Å². The minimum atomic E-state index is -1.31. The number of carboxylic acids is 2. The molecule has 0 fully saturated rings. The Kier molecular flexibility index (Phi) is 36.6. The van der Waals surface area contributed by atoms with Crippen molar-refractivity contribution in [2.24, 2.45) is 5.92 Å². The molecule has 0 rings (SSSR count). The van der Waals surface area contributed by atoms with Crippen LogP contribution in [0.1, 0.15) is 142 Å². The molecule has 4 nitrogen and oxygen atoms in total. The molecule has 0 amide bonds. The summed E-state index contributed by atoms with van der Waals surface area (Å²) < 4.78 is 0. The summed E-state index contributed by atoms with van der Waals surface area (Å²) in [4.78, 5) is 18.9. The number of rotatable bonds is 22. The second-order valence-corrected chi connectivity index (χ2v) is 9.12. The van der Waals surface area contributed by atoms with Crippen LogP contribution in [0.3, 0.4) is 0 Å². The van der Waals surface area contributed by atoms with Crippen LogP contribution in [0.25, 0.3) is 0 Å². The van der Waals surface area contributed by atoms with E-state index < -0.39 is 18.4 Å². The molecule has 0 aromatic carbocycles. The number of hydrogen-bond acceptors (Lipinski definition) is 2. The van der Waals surface area contributed by atoms with Crippen LogP contribution in [0, 0.1) is 5.92 Å². The van der Waals surface area contributed by atoms with Gasteiger partial charge in [0.15, 0.2) is 0 Å². The molecule has 0 aromatic heterocycles. The van der Waals surface area contributed by atoms with Gasteiger partial charge in [0, 0.05) is 0 Å². The summed E-state index contributed by atoms with van der Waals surface area (Å²) in [5.41, 5.74) is 0. The summed E-state index contributed by atoms with van der Waals surface area (Å²) in [6.07, 6.45) is 27.1. The van der Waals surface area contributed by atoms with Gasteiger partial charge >= 0.3 is 193 Å². The first-order chi connectivity index (χ1) is 15.0. The second kappa shape index (κ2) is 31.5. The normalized spacial score (nSPS) is 11.2. The predicted octanol–water partition coefficient (Wildman–Crippen LogP) is 7.54. The van der Waals surface area contributed by atoms with Crippen molar-refractivity contribution in [3.63, 3.8) is 0 Å². The van der Waals surface area contributed by atoms with Crippen molar-refractivity contribution in [1.29, 1.82) is 0 Å². The van der Waals surface area contributed by atoms with E-state index in [9.17, 15) is 9.59 Å². The second-order valence-electron chi connectivity index (χ2n) is 9.12. The molecule has 0 spiro atoms. The molecule has 0 aliphatic carbocycles. The van der Waals surface area contributed by atoms with Crippen LogP contribution < -0.4 is 0 Å². The first kappa shape index (κ1) is 37.1. The zero-order chi connectivity index (χ0) is 23.6. The SMILES string of the molecule is O=C(O)CC(=O)O.[Li][CH2]C(CCCCCCCCC)CCCCCCCCCCCC.[NaH]. The van der Waals surface area contributed by atoms with Crippen LogP contribution in [0.4, 0.5) is 0 Å². The van der Waals surface area contributed by atoms with Gasteiger partial charge in [0.25, 0.3) is 0 Å².